The van der Waals surface area contributed by atoms with Gasteiger partial charge in [0.1, 0.15) is 5.60 Å². The smallest absolute Gasteiger partial charge is 0.410 e. The van der Waals surface area contributed by atoms with Gasteiger partial charge >= 0.3 is 6.09 Å². The lowest BCUT2D eigenvalue weighted by Crippen LogP contribution is -2.46. The molecular weight excluding hydrogens is 276 g/mol. The molecule has 22 heavy (non-hydrogen) atoms. The van der Waals surface area contributed by atoms with Crippen LogP contribution >= 0.6 is 0 Å². The molecule has 0 aromatic carbocycles. The standard InChI is InChI=1S/C18H34N2O2/c1-5-18(9-7-10-18)14-19-12-15-8-6-11-20(13-15)16(21)22-17(2,3)4/h15,19H,5-14H2,1-4H3. The van der Waals surface area contributed by atoms with Crippen molar-refractivity contribution in [2.24, 2.45) is 11.3 Å². The third-order valence-electron chi connectivity index (χ3n) is 5.27. The highest BCUT2D eigenvalue weighted by Gasteiger charge is 2.35. The van der Waals surface area contributed by atoms with Gasteiger partial charge in [0, 0.05) is 19.6 Å². The lowest BCUT2D eigenvalue weighted by Gasteiger charge is -2.42. The van der Waals surface area contributed by atoms with Gasteiger partial charge in [-0.3, -0.25) is 0 Å². The van der Waals surface area contributed by atoms with Crippen molar-refractivity contribution in [2.45, 2.75) is 71.8 Å². The Morgan fingerprint density at radius 2 is 2.05 bits per heavy atom. The minimum Gasteiger partial charge on any atom is -0.444 e. The average molecular weight is 310 g/mol. The van der Waals surface area contributed by atoms with Crippen LogP contribution in [0.5, 0.6) is 0 Å². The minimum absolute atomic E-state index is 0.152. The first-order valence-electron chi connectivity index (χ1n) is 9.02. The van der Waals surface area contributed by atoms with E-state index in [0.29, 0.717) is 11.3 Å². The fourth-order valence-corrected chi connectivity index (χ4v) is 3.60. The SMILES string of the molecule is CCC1(CNCC2CCCN(C(=O)OC(C)(C)C)C2)CCC1. The van der Waals surface area contributed by atoms with Gasteiger partial charge in [0.05, 0.1) is 0 Å². The quantitative estimate of drug-likeness (QED) is 0.839. The number of nitrogens with one attached hydrogen (secondary N) is 1. The Morgan fingerprint density at radius 1 is 1.32 bits per heavy atom. The van der Waals surface area contributed by atoms with Crippen LogP contribution in [0.1, 0.15) is 66.2 Å². The lowest BCUT2D eigenvalue weighted by molar-refractivity contribution is 0.0163. The van der Waals surface area contributed by atoms with Crippen LogP contribution in [0.15, 0.2) is 0 Å². The van der Waals surface area contributed by atoms with Crippen LogP contribution in [0.4, 0.5) is 4.79 Å². The van der Waals surface area contributed by atoms with Crippen molar-refractivity contribution in [2.75, 3.05) is 26.2 Å². The molecule has 1 N–H and O–H groups in total. The summed E-state index contributed by atoms with van der Waals surface area (Å²) in [6, 6.07) is 0. The molecular formula is C18H34N2O2. The summed E-state index contributed by atoms with van der Waals surface area (Å²) in [6.45, 7) is 11.9. The van der Waals surface area contributed by atoms with Crippen LogP contribution in [-0.4, -0.2) is 42.8 Å². The van der Waals surface area contributed by atoms with E-state index in [9.17, 15) is 4.79 Å². The summed E-state index contributed by atoms with van der Waals surface area (Å²) in [5, 5.41) is 3.68. The highest BCUT2D eigenvalue weighted by Crippen LogP contribution is 2.43. The number of hydrogen-bond donors (Lipinski definition) is 1. The Hall–Kier alpha value is -0.770. The second-order valence-corrected chi connectivity index (χ2v) is 8.27. The van der Waals surface area contributed by atoms with E-state index < -0.39 is 5.60 Å². The van der Waals surface area contributed by atoms with Crippen LogP contribution in [0.2, 0.25) is 0 Å². The van der Waals surface area contributed by atoms with Gasteiger partial charge in [-0.1, -0.05) is 13.3 Å². The van der Waals surface area contributed by atoms with Gasteiger partial charge in [-0.15, -0.1) is 0 Å². The molecule has 0 bridgehead atoms. The summed E-state index contributed by atoms with van der Waals surface area (Å²) in [5.41, 5.74) is 0.166. The molecule has 0 radical (unpaired) electrons. The number of ether oxygens (including phenoxy) is 1. The number of hydrogen-bond acceptors (Lipinski definition) is 3. The number of likely N-dealkylation sites (tertiary alicyclic amines) is 1. The maximum Gasteiger partial charge on any atom is 0.410 e. The average Bonchev–Trinajstić information content (AvgIpc) is 2.40. The number of amides is 1. The predicted octanol–water partition coefficient (Wildman–Crippen LogP) is 3.80. The largest absolute Gasteiger partial charge is 0.444 e. The molecule has 1 atom stereocenters. The van der Waals surface area contributed by atoms with Crippen molar-refractivity contribution in [1.82, 2.24) is 10.2 Å². The third-order valence-corrected chi connectivity index (χ3v) is 5.27. The van der Waals surface area contributed by atoms with Gasteiger partial charge in [-0.05, 0) is 70.8 Å². The zero-order chi connectivity index (χ0) is 16.2. The van der Waals surface area contributed by atoms with Crippen LogP contribution in [-0.2, 0) is 4.74 Å². The molecule has 0 aromatic rings. The summed E-state index contributed by atoms with van der Waals surface area (Å²) < 4.78 is 5.49. The molecule has 2 rings (SSSR count). The first kappa shape index (κ1) is 17.6. The summed E-state index contributed by atoms with van der Waals surface area (Å²) in [7, 11) is 0. The van der Waals surface area contributed by atoms with Crippen LogP contribution in [0, 0.1) is 11.3 Å². The molecule has 4 heteroatoms. The number of nitrogens with zero attached hydrogens (tertiary/aromatic N) is 1. The van der Waals surface area contributed by atoms with Crippen molar-refractivity contribution in [3.8, 4) is 0 Å². The molecule has 1 heterocycles. The molecule has 1 amide bonds. The highest BCUT2D eigenvalue weighted by atomic mass is 16.6. The van der Waals surface area contributed by atoms with Crippen molar-refractivity contribution in [1.29, 1.82) is 0 Å². The molecule has 2 aliphatic rings. The Morgan fingerprint density at radius 3 is 2.59 bits per heavy atom. The molecule has 1 aliphatic carbocycles. The zero-order valence-corrected chi connectivity index (χ0v) is 14.9. The normalized spacial score (nSPS) is 24.7. The third kappa shape index (κ3) is 4.87. The topological polar surface area (TPSA) is 41.6 Å². The Bertz CT molecular complexity index is 366. The van der Waals surface area contributed by atoms with Gasteiger partial charge in [0.15, 0.2) is 0 Å². The van der Waals surface area contributed by atoms with E-state index >= 15 is 0 Å². The Labute approximate surface area is 136 Å². The van der Waals surface area contributed by atoms with Gasteiger partial charge in [0.25, 0.3) is 0 Å². The second kappa shape index (κ2) is 7.20. The van der Waals surface area contributed by atoms with E-state index in [4.69, 9.17) is 4.74 Å². The fourth-order valence-electron chi connectivity index (χ4n) is 3.60. The fraction of sp³-hybridized carbons (Fsp3) is 0.944. The Kier molecular flexibility index (Phi) is 5.76. The second-order valence-electron chi connectivity index (χ2n) is 8.27. The van der Waals surface area contributed by atoms with Crippen molar-refractivity contribution >= 4 is 6.09 Å². The zero-order valence-electron chi connectivity index (χ0n) is 14.9. The van der Waals surface area contributed by atoms with Crippen LogP contribution in [0.25, 0.3) is 0 Å². The first-order chi connectivity index (χ1) is 10.3. The van der Waals surface area contributed by atoms with E-state index in [0.717, 1.165) is 32.6 Å². The molecule has 1 saturated carbocycles. The molecule has 1 saturated heterocycles. The number of carbonyl (C=O) groups excluding carboxylic acids is 1. The lowest BCUT2D eigenvalue weighted by atomic mass is 9.67. The van der Waals surface area contributed by atoms with Crippen LogP contribution in [0.3, 0.4) is 0 Å². The number of piperidine rings is 1. The molecule has 4 nitrogen and oxygen atoms in total. The molecule has 1 aliphatic heterocycles. The van der Waals surface area contributed by atoms with E-state index in [1.165, 1.54) is 32.1 Å². The van der Waals surface area contributed by atoms with E-state index in [-0.39, 0.29) is 6.09 Å². The molecule has 128 valence electrons. The molecule has 0 aromatic heterocycles. The van der Waals surface area contributed by atoms with E-state index in [1.807, 2.05) is 25.7 Å². The van der Waals surface area contributed by atoms with Crippen molar-refractivity contribution < 1.29 is 9.53 Å². The van der Waals surface area contributed by atoms with Crippen LogP contribution < -0.4 is 5.32 Å². The number of carbonyl (C=O) groups is 1. The highest BCUT2D eigenvalue weighted by molar-refractivity contribution is 5.68. The van der Waals surface area contributed by atoms with Gasteiger partial charge in [0.2, 0.25) is 0 Å². The van der Waals surface area contributed by atoms with E-state index in [1.54, 1.807) is 0 Å². The maximum atomic E-state index is 12.2. The maximum absolute atomic E-state index is 12.2. The van der Waals surface area contributed by atoms with Gasteiger partial charge in [-0.2, -0.15) is 0 Å². The Balaban J connectivity index is 1.72. The molecule has 0 spiro atoms. The van der Waals surface area contributed by atoms with Gasteiger partial charge < -0.3 is 15.0 Å². The molecule has 1 unspecified atom stereocenters. The van der Waals surface area contributed by atoms with E-state index in [2.05, 4.69) is 12.2 Å². The van der Waals surface area contributed by atoms with Crippen molar-refractivity contribution in [3.63, 3.8) is 0 Å². The summed E-state index contributed by atoms with van der Waals surface area (Å²) in [4.78, 5) is 14.1. The summed E-state index contributed by atoms with van der Waals surface area (Å²) in [5.74, 6) is 0.565. The predicted molar refractivity (Wildman–Crippen MR) is 90.0 cm³/mol. The van der Waals surface area contributed by atoms with Gasteiger partial charge in [-0.25, -0.2) is 4.79 Å². The molecule has 2 fully saturated rings. The summed E-state index contributed by atoms with van der Waals surface area (Å²) in [6.07, 6.45) is 7.59. The number of rotatable bonds is 5. The monoisotopic (exact) mass is 310 g/mol. The van der Waals surface area contributed by atoms with Crippen molar-refractivity contribution in [3.05, 3.63) is 0 Å². The minimum atomic E-state index is -0.403. The first-order valence-corrected chi connectivity index (χ1v) is 9.02. The summed E-state index contributed by atoms with van der Waals surface area (Å²) >= 11 is 0.